The monoisotopic (exact) mass is 304 g/mol. The van der Waals surface area contributed by atoms with Crippen molar-refractivity contribution in [1.29, 1.82) is 0 Å². The third-order valence-corrected chi connectivity index (χ3v) is 3.88. The molecule has 0 spiro atoms. The van der Waals surface area contributed by atoms with Crippen LogP contribution in [0.1, 0.15) is 44.0 Å². The maximum Gasteiger partial charge on any atom is 0.143 e. The first kappa shape index (κ1) is 15.8. The first-order valence-electron chi connectivity index (χ1n) is 7.42. The van der Waals surface area contributed by atoms with E-state index in [1.54, 1.807) is 0 Å². The van der Waals surface area contributed by atoms with Crippen LogP contribution in [0.5, 0.6) is 0 Å². The molecule has 1 aromatic carbocycles. The molecule has 2 aromatic rings. The molecule has 3 nitrogen and oxygen atoms in total. The summed E-state index contributed by atoms with van der Waals surface area (Å²) in [6.07, 6.45) is 4.85. The van der Waals surface area contributed by atoms with Crippen LogP contribution in [0.15, 0.2) is 36.5 Å². The van der Waals surface area contributed by atoms with Crippen molar-refractivity contribution in [3.05, 3.63) is 52.8 Å². The van der Waals surface area contributed by atoms with Gasteiger partial charge in [0.2, 0.25) is 0 Å². The summed E-state index contributed by atoms with van der Waals surface area (Å²) in [5.74, 6) is 0.159. The number of carbonyl (C=O) groups is 1. The lowest BCUT2D eigenvalue weighted by Gasteiger charge is -2.12. The van der Waals surface area contributed by atoms with Gasteiger partial charge in [0.15, 0.2) is 0 Å². The largest absolute Gasteiger partial charge is 0.299 e. The van der Waals surface area contributed by atoms with Gasteiger partial charge in [-0.05, 0) is 36.6 Å². The number of hydrogen-bond acceptors (Lipinski definition) is 2. The average molecular weight is 305 g/mol. The third-order valence-electron chi connectivity index (χ3n) is 3.65. The molecule has 0 unspecified atom stereocenters. The third kappa shape index (κ3) is 4.43. The number of ketones is 1. The van der Waals surface area contributed by atoms with Gasteiger partial charge in [-0.1, -0.05) is 37.6 Å². The van der Waals surface area contributed by atoms with E-state index >= 15 is 0 Å². The molecular weight excluding hydrogens is 284 g/mol. The van der Waals surface area contributed by atoms with Crippen molar-refractivity contribution in [3.63, 3.8) is 0 Å². The second-order valence-corrected chi connectivity index (χ2v) is 5.72. The molecule has 0 radical (unpaired) electrons. The van der Waals surface area contributed by atoms with Gasteiger partial charge in [-0.3, -0.25) is 9.48 Å². The molecule has 1 aromatic heterocycles. The molecule has 4 heteroatoms. The second-order valence-electron chi connectivity index (χ2n) is 5.28. The first-order chi connectivity index (χ1) is 10.1. The van der Waals surface area contributed by atoms with E-state index in [0.29, 0.717) is 23.9 Å². The maximum absolute atomic E-state index is 12.1. The summed E-state index contributed by atoms with van der Waals surface area (Å²) in [5.41, 5.74) is 1.79. The van der Waals surface area contributed by atoms with Crippen LogP contribution in [0.3, 0.4) is 0 Å². The van der Waals surface area contributed by atoms with Crippen LogP contribution in [-0.2, 0) is 17.6 Å². The van der Waals surface area contributed by atoms with E-state index < -0.39 is 0 Å². The number of aromatic nitrogens is 2. The van der Waals surface area contributed by atoms with Crippen molar-refractivity contribution >= 4 is 17.4 Å². The molecule has 0 fully saturated rings. The van der Waals surface area contributed by atoms with E-state index in [2.05, 4.69) is 18.9 Å². The molecule has 1 heterocycles. The van der Waals surface area contributed by atoms with Crippen LogP contribution in [0.4, 0.5) is 0 Å². The zero-order chi connectivity index (χ0) is 15.2. The number of halogens is 1. The van der Waals surface area contributed by atoms with Crippen LogP contribution in [0.2, 0.25) is 5.02 Å². The standard InChI is InChI=1S/C17H21ClN2O/c1-3-16(4-2)20-9-8-15(19-20)12-17(21)11-13-6-5-7-14(18)10-13/h5-10,16H,3-4,11-12H2,1-2H3. The number of nitrogens with zero attached hydrogens (tertiary/aromatic N) is 2. The molecule has 0 aliphatic heterocycles. The Morgan fingerprint density at radius 1 is 1.24 bits per heavy atom. The Balaban J connectivity index is 1.97. The minimum absolute atomic E-state index is 0.159. The summed E-state index contributed by atoms with van der Waals surface area (Å²) >= 11 is 5.93. The number of Topliss-reactive ketones (excluding diaryl/α,β-unsaturated/α-hetero) is 1. The van der Waals surface area contributed by atoms with Gasteiger partial charge in [-0.2, -0.15) is 5.10 Å². The summed E-state index contributed by atoms with van der Waals surface area (Å²) in [6, 6.07) is 9.80. The number of benzene rings is 1. The fourth-order valence-corrected chi connectivity index (χ4v) is 2.69. The molecule has 0 N–H and O–H groups in total. The van der Waals surface area contributed by atoms with Crippen molar-refractivity contribution in [2.45, 2.75) is 45.6 Å². The fourth-order valence-electron chi connectivity index (χ4n) is 2.48. The van der Waals surface area contributed by atoms with Gasteiger partial charge in [0.1, 0.15) is 5.78 Å². The highest BCUT2D eigenvalue weighted by Crippen LogP contribution is 2.15. The van der Waals surface area contributed by atoms with Gasteiger partial charge in [-0.15, -0.1) is 0 Å². The zero-order valence-corrected chi connectivity index (χ0v) is 13.3. The molecule has 2 rings (SSSR count). The van der Waals surface area contributed by atoms with Crippen LogP contribution >= 0.6 is 11.6 Å². The summed E-state index contributed by atoms with van der Waals surface area (Å²) in [6.45, 7) is 4.31. The fraction of sp³-hybridized carbons (Fsp3) is 0.412. The quantitative estimate of drug-likeness (QED) is 0.766. The molecule has 112 valence electrons. The molecule has 0 aliphatic rings. The Labute approximate surface area is 130 Å². The number of rotatable bonds is 7. The highest BCUT2D eigenvalue weighted by Gasteiger charge is 2.11. The van der Waals surface area contributed by atoms with Crippen LogP contribution in [0.25, 0.3) is 0 Å². The Hall–Kier alpha value is -1.61. The Kier molecular flexibility index (Phi) is 5.57. The van der Waals surface area contributed by atoms with Crippen LogP contribution < -0.4 is 0 Å². The summed E-state index contributed by atoms with van der Waals surface area (Å²) in [4.78, 5) is 12.1. The maximum atomic E-state index is 12.1. The Bertz CT molecular complexity index is 602. The normalized spacial score (nSPS) is 11.0. The van der Waals surface area contributed by atoms with Gasteiger partial charge in [0.25, 0.3) is 0 Å². The lowest BCUT2D eigenvalue weighted by Crippen LogP contribution is -2.10. The number of carbonyl (C=O) groups excluding carboxylic acids is 1. The van der Waals surface area contributed by atoms with Gasteiger partial charge in [0.05, 0.1) is 18.2 Å². The van der Waals surface area contributed by atoms with Gasteiger partial charge >= 0.3 is 0 Å². The Morgan fingerprint density at radius 3 is 2.67 bits per heavy atom. The lowest BCUT2D eigenvalue weighted by molar-refractivity contribution is -0.117. The van der Waals surface area contributed by atoms with Crippen LogP contribution in [-0.4, -0.2) is 15.6 Å². The molecule has 0 saturated carbocycles. The first-order valence-corrected chi connectivity index (χ1v) is 7.80. The summed E-state index contributed by atoms with van der Waals surface area (Å²) in [5, 5.41) is 5.19. The predicted octanol–water partition coefficient (Wildman–Crippen LogP) is 4.25. The smallest absolute Gasteiger partial charge is 0.143 e. The number of hydrogen-bond donors (Lipinski definition) is 0. The minimum Gasteiger partial charge on any atom is -0.299 e. The summed E-state index contributed by atoms with van der Waals surface area (Å²) in [7, 11) is 0. The van der Waals surface area contributed by atoms with Crippen molar-refractivity contribution in [2.24, 2.45) is 0 Å². The second kappa shape index (κ2) is 7.41. The topological polar surface area (TPSA) is 34.9 Å². The molecular formula is C17H21ClN2O. The molecule has 0 atom stereocenters. The molecule has 0 saturated heterocycles. The van der Waals surface area contributed by atoms with E-state index in [4.69, 9.17) is 11.6 Å². The van der Waals surface area contributed by atoms with Crippen molar-refractivity contribution in [1.82, 2.24) is 9.78 Å². The average Bonchev–Trinajstić information content (AvgIpc) is 2.88. The van der Waals surface area contributed by atoms with Gasteiger partial charge in [-0.25, -0.2) is 0 Å². The minimum atomic E-state index is 0.159. The summed E-state index contributed by atoms with van der Waals surface area (Å²) < 4.78 is 1.97. The predicted molar refractivity (Wildman–Crippen MR) is 85.7 cm³/mol. The molecule has 21 heavy (non-hydrogen) atoms. The highest BCUT2D eigenvalue weighted by molar-refractivity contribution is 6.30. The van der Waals surface area contributed by atoms with E-state index in [1.807, 2.05) is 41.2 Å². The molecule has 0 aliphatic carbocycles. The van der Waals surface area contributed by atoms with Crippen LogP contribution in [0, 0.1) is 0 Å². The van der Waals surface area contributed by atoms with E-state index in [0.717, 1.165) is 24.1 Å². The zero-order valence-electron chi connectivity index (χ0n) is 12.6. The highest BCUT2D eigenvalue weighted by atomic mass is 35.5. The molecule has 0 amide bonds. The van der Waals surface area contributed by atoms with Crippen molar-refractivity contribution < 1.29 is 4.79 Å². The SMILES string of the molecule is CCC(CC)n1ccc(CC(=O)Cc2cccc(Cl)c2)n1. The van der Waals surface area contributed by atoms with Crippen molar-refractivity contribution in [3.8, 4) is 0 Å². The van der Waals surface area contributed by atoms with Gasteiger partial charge in [0, 0.05) is 17.6 Å². The molecule has 0 bridgehead atoms. The van der Waals surface area contributed by atoms with Gasteiger partial charge < -0.3 is 0 Å². The lowest BCUT2D eigenvalue weighted by atomic mass is 10.1. The Morgan fingerprint density at radius 2 is 2.00 bits per heavy atom. The van der Waals surface area contributed by atoms with E-state index in [1.165, 1.54) is 0 Å². The van der Waals surface area contributed by atoms with Crippen molar-refractivity contribution in [2.75, 3.05) is 0 Å². The van der Waals surface area contributed by atoms with E-state index in [-0.39, 0.29) is 5.78 Å². The van der Waals surface area contributed by atoms with E-state index in [9.17, 15) is 4.79 Å².